The van der Waals surface area contributed by atoms with Crippen LogP contribution < -0.4 is 14.4 Å². The smallest absolute Gasteiger partial charge is 0.454 e. The SMILES string of the molecule is O=C(COC(=O)CN1c2cccc3cccc(c23)S1(=O)=O)NCc1ccccc1OC(F)(F)F. The number of ether oxygens (including phenoxy) is 2. The van der Waals surface area contributed by atoms with Crippen LogP contribution in [0.1, 0.15) is 5.56 Å². The molecule has 178 valence electrons. The van der Waals surface area contributed by atoms with Crippen LogP contribution in [0.3, 0.4) is 0 Å². The summed E-state index contributed by atoms with van der Waals surface area (Å²) in [5.41, 5.74) is 0.393. The van der Waals surface area contributed by atoms with Gasteiger partial charge in [0.25, 0.3) is 15.9 Å². The molecule has 0 bridgehead atoms. The number of nitrogens with zero attached hydrogens (tertiary/aromatic N) is 1. The quantitative estimate of drug-likeness (QED) is 0.507. The van der Waals surface area contributed by atoms with Gasteiger partial charge in [-0.25, -0.2) is 8.42 Å². The summed E-state index contributed by atoms with van der Waals surface area (Å²) in [7, 11) is -3.97. The molecule has 1 N–H and O–H groups in total. The fraction of sp³-hybridized carbons (Fsp3) is 0.182. The minimum absolute atomic E-state index is 0.0634. The Hall–Kier alpha value is -3.80. The lowest BCUT2D eigenvalue weighted by Crippen LogP contribution is -2.35. The summed E-state index contributed by atoms with van der Waals surface area (Å²) in [6, 6.07) is 15.0. The van der Waals surface area contributed by atoms with Gasteiger partial charge in [-0.15, -0.1) is 13.2 Å². The van der Waals surface area contributed by atoms with Crippen molar-refractivity contribution in [3.8, 4) is 5.75 Å². The Morgan fingerprint density at radius 2 is 1.68 bits per heavy atom. The van der Waals surface area contributed by atoms with Crippen molar-refractivity contribution in [1.82, 2.24) is 5.32 Å². The minimum atomic E-state index is -4.89. The summed E-state index contributed by atoms with van der Waals surface area (Å²) in [5, 5.41) is 3.52. The van der Waals surface area contributed by atoms with Gasteiger partial charge in [0.05, 0.1) is 10.6 Å². The number of esters is 1. The van der Waals surface area contributed by atoms with Crippen molar-refractivity contribution in [3.63, 3.8) is 0 Å². The second-order valence-corrected chi connectivity index (χ2v) is 9.07. The summed E-state index contributed by atoms with van der Waals surface area (Å²) in [6.07, 6.45) is -4.89. The zero-order valence-corrected chi connectivity index (χ0v) is 18.2. The summed E-state index contributed by atoms with van der Waals surface area (Å²) in [4.78, 5) is 24.4. The Bertz CT molecular complexity index is 1370. The van der Waals surface area contributed by atoms with Crippen molar-refractivity contribution in [2.75, 3.05) is 17.5 Å². The monoisotopic (exact) mass is 494 g/mol. The van der Waals surface area contributed by atoms with Gasteiger partial charge in [0.2, 0.25) is 0 Å². The van der Waals surface area contributed by atoms with E-state index in [4.69, 9.17) is 4.74 Å². The van der Waals surface area contributed by atoms with Crippen molar-refractivity contribution < 1.29 is 40.7 Å². The number of carbonyl (C=O) groups is 2. The van der Waals surface area contributed by atoms with E-state index in [1.807, 2.05) is 0 Å². The van der Waals surface area contributed by atoms with E-state index < -0.39 is 47.2 Å². The maximum Gasteiger partial charge on any atom is 0.573 e. The first-order chi connectivity index (χ1) is 16.1. The minimum Gasteiger partial charge on any atom is -0.454 e. The fourth-order valence-corrected chi connectivity index (χ4v) is 5.21. The Balaban J connectivity index is 1.35. The second kappa shape index (κ2) is 8.86. The van der Waals surface area contributed by atoms with Crippen molar-refractivity contribution in [2.45, 2.75) is 17.8 Å². The molecular weight excluding hydrogens is 477 g/mol. The van der Waals surface area contributed by atoms with E-state index in [-0.39, 0.29) is 17.0 Å². The highest BCUT2D eigenvalue weighted by atomic mass is 32.2. The third-order valence-corrected chi connectivity index (χ3v) is 6.79. The third-order valence-electron chi connectivity index (χ3n) is 4.99. The first kappa shape index (κ1) is 23.4. The van der Waals surface area contributed by atoms with Gasteiger partial charge in [-0.3, -0.25) is 13.9 Å². The number of amides is 1. The molecule has 1 aliphatic rings. The van der Waals surface area contributed by atoms with Crippen LogP contribution in [-0.4, -0.2) is 39.8 Å². The molecule has 1 aliphatic heterocycles. The van der Waals surface area contributed by atoms with E-state index in [0.717, 1.165) is 10.4 Å². The Morgan fingerprint density at radius 3 is 2.41 bits per heavy atom. The van der Waals surface area contributed by atoms with Crippen molar-refractivity contribution in [3.05, 3.63) is 66.2 Å². The number of hydrogen-bond donors (Lipinski definition) is 1. The molecule has 0 spiro atoms. The van der Waals surface area contributed by atoms with Gasteiger partial charge in [0.15, 0.2) is 6.61 Å². The van der Waals surface area contributed by atoms with E-state index in [1.54, 1.807) is 30.3 Å². The normalized spacial score (nSPS) is 14.1. The second-order valence-electron chi connectivity index (χ2n) is 7.24. The average molecular weight is 494 g/mol. The van der Waals surface area contributed by atoms with Gasteiger partial charge in [-0.2, -0.15) is 0 Å². The number of sulfonamides is 1. The first-order valence-corrected chi connectivity index (χ1v) is 11.3. The molecule has 3 aromatic rings. The number of benzene rings is 3. The summed E-state index contributed by atoms with van der Waals surface area (Å²) in [5.74, 6) is -2.23. The predicted molar refractivity (Wildman–Crippen MR) is 114 cm³/mol. The number of carbonyl (C=O) groups excluding carboxylic acids is 2. The fourth-order valence-electron chi connectivity index (χ4n) is 3.56. The Labute approximate surface area is 191 Å². The highest BCUT2D eigenvalue weighted by Gasteiger charge is 2.37. The third kappa shape index (κ3) is 4.76. The van der Waals surface area contributed by atoms with E-state index >= 15 is 0 Å². The molecule has 12 heteroatoms. The molecule has 8 nitrogen and oxygen atoms in total. The van der Waals surface area contributed by atoms with E-state index in [1.165, 1.54) is 24.3 Å². The van der Waals surface area contributed by atoms with Crippen LogP contribution in [-0.2, 0) is 30.9 Å². The van der Waals surface area contributed by atoms with Gasteiger partial charge in [0.1, 0.15) is 12.3 Å². The number of halogens is 3. The summed E-state index contributed by atoms with van der Waals surface area (Å²) >= 11 is 0. The van der Waals surface area contributed by atoms with Gasteiger partial charge in [0, 0.05) is 17.5 Å². The Morgan fingerprint density at radius 1 is 0.971 bits per heavy atom. The molecule has 0 saturated heterocycles. The number of hydrogen-bond acceptors (Lipinski definition) is 6. The van der Waals surface area contributed by atoms with Crippen molar-refractivity contribution in [2.24, 2.45) is 0 Å². The first-order valence-electron chi connectivity index (χ1n) is 9.87. The molecule has 34 heavy (non-hydrogen) atoms. The summed E-state index contributed by atoms with van der Waals surface area (Å²) in [6.45, 7) is -1.70. The van der Waals surface area contributed by atoms with Gasteiger partial charge >= 0.3 is 12.3 Å². The van der Waals surface area contributed by atoms with Crippen LogP contribution in [0.15, 0.2) is 65.6 Å². The van der Waals surface area contributed by atoms with Crippen LogP contribution in [0.25, 0.3) is 10.8 Å². The van der Waals surface area contributed by atoms with Gasteiger partial charge in [-0.1, -0.05) is 42.5 Å². The zero-order valence-electron chi connectivity index (χ0n) is 17.3. The van der Waals surface area contributed by atoms with Gasteiger partial charge in [-0.05, 0) is 23.6 Å². The molecule has 4 rings (SSSR count). The number of nitrogens with one attached hydrogen (secondary N) is 1. The van der Waals surface area contributed by atoms with E-state index in [9.17, 15) is 31.2 Å². The summed E-state index contributed by atoms with van der Waals surface area (Å²) < 4.78 is 72.9. The standard InChI is InChI=1S/C22H17F3N2O6S/c23-22(24,25)33-17-9-2-1-5-15(17)11-26-19(28)13-32-20(29)12-27-16-8-3-6-14-7-4-10-18(21(14)16)34(27,30)31/h1-10H,11-13H2,(H,26,28). The van der Waals surface area contributed by atoms with Crippen LogP contribution in [0, 0.1) is 0 Å². The topological polar surface area (TPSA) is 102 Å². The zero-order chi connectivity index (χ0) is 24.5. The number of anilines is 1. The lowest BCUT2D eigenvalue weighted by molar-refractivity contribution is -0.274. The molecular formula is C22H17F3N2O6S. The molecule has 0 unspecified atom stereocenters. The van der Waals surface area contributed by atoms with E-state index in [0.29, 0.717) is 16.5 Å². The molecule has 0 aromatic heterocycles. The number of para-hydroxylation sites is 1. The molecule has 0 atom stereocenters. The largest absolute Gasteiger partial charge is 0.573 e. The highest BCUT2D eigenvalue weighted by molar-refractivity contribution is 7.93. The van der Waals surface area contributed by atoms with Crippen LogP contribution in [0.2, 0.25) is 0 Å². The maximum atomic E-state index is 12.9. The lowest BCUT2D eigenvalue weighted by Gasteiger charge is -2.17. The molecule has 0 radical (unpaired) electrons. The number of rotatable bonds is 7. The molecule has 3 aromatic carbocycles. The predicted octanol–water partition coefficient (Wildman–Crippen LogP) is 3.11. The highest BCUT2D eigenvalue weighted by Crippen LogP contribution is 2.41. The van der Waals surface area contributed by atoms with Gasteiger partial charge < -0.3 is 14.8 Å². The van der Waals surface area contributed by atoms with Crippen molar-refractivity contribution in [1.29, 1.82) is 0 Å². The number of alkyl halides is 3. The Kier molecular flexibility index (Phi) is 6.09. The molecule has 0 fully saturated rings. The molecule has 1 heterocycles. The lowest BCUT2D eigenvalue weighted by atomic mass is 10.1. The molecule has 0 saturated carbocycles. The van der Waals surface area contributed by atoms with E-state index in [2.05, 4.69) is 10.1 Å². The van der Waals surface area contributed by atoms with Crippen molar-refractivity contribution >= 4 is 38.4 Å². The average Bonchev–Trinajstić information content (AvgIpc) is 2.99. The molecule has 0 aliphatic carbocycles. The van der Waals surface area contributed by atoms with Crippen LogP contribution >= 0.6 is 0 Å². The van der Waals surface area contributed by atoms with Crippen LogP contribution in [0.5, 0.6) is 5.75 Å². The maximum absolute atomic E-state index is 12.9. The van der Waals surface area contributed by atoms with Crippen LogP contribution in [0.4, 0.5) is 18.9 Å². The molecule has 1 amide bonds.